The van der Waals surface area contributed by atoms with E-state index in [0.29, 0.717) is 17.0 Å². The van der Waals surface area contributed by atoms with Gasteiger partial charge in [-0.25, -0.2) is 8.42 Å². The van der Waals surface area contributed by atoms with Crippen LogP contribution in [0.4, 0.5) is 0 Å². The second-order valence-electron chi connectivity index (χ2n) is 6.17. The lowest BCUT2D eigenvalue weighted by Gasteiger charge is -2.09. The Labute approximate surface area is 155 Å². The molecule has 0 saturated heterocycles. The van der Waals surface area contributed by atoms with Crippen LogP contribution in [0.1, 0.15) is 11.3 Å². The van der Waals surface area contributed by atoms with Crippen molar-refractivity contribution in [1.82, 2.24) is 24.5 Å². The van der Waals surface area contributed by atoms with Gasteiger partial charge in [0.2, 0.25) is 10.0 Å². The SMILES string of the molecule is Cc1ccc(S(=O)(=O)NCO)cc1-c1nnc2c3ccccc3c(C)nn12. The molecule has 2 heterocycles. The maximum Gasteiger partial charge on any atom is 0.242 e. The molecular weight excluding hydrogens is 366 g/mol. The largest absolute Gasteiger partial charge is 0.380 e. The van der Waals surface area contributed by atoms with Gasteiger partial charge in [0.25, 0.3) is 0 Å². The Hall–Kier alpha value is -2.88. The summed E-state index contributed by atoms with van der Waals surface area (Å²) in [6, 6.07) is 12.5. The lowest BCUT2D eigenvalue weighted by atomic mass is 10.1. The van der Waals surface area contributed by atoms with E-state index >= 15 is 0 Å². The average molecular weight is 383 g/mol. The van der Waals surface area contributed by atoms with Gasteiger partial charge in [0.1, 0.15) is 6.73 Å². The molecule has 0 saturated carbocycles. The normalized spacial score (nSPS) is 12.1. The van der Waals surface area contributed by atoms with Crippen molar-refractivity contribution in [2.24, 2.45) is 0 Å². The van der Waals surface area contributed by atoms with Crippen molar-refractivity contribution in [3.8, 4) is 11.4 Å². The molecule has 0 aliphatic heterocycles. The summed E-state index contributed by atoms with van der Waals surface area (Å²) >= 11 is 0. The fourth-order valence-corrected chi connectivity index (χ4v) is 3.94. The quantitative estimate of drug-likeness (QED) is 0.520. The van der Waals surface area contributed by atoms with Gasteiger partial charge in [-0.3, -0.25) is 0 Å². The molecule has 138 valence electrons. The first-order valence-corrected chi connectivity index (χ1v) is 9.73. The summed E-state index contributed by atoms with van der Waals surface area (Å²) in [5.74, 6) is 0.456. The van der Waals surface area contributed by atoms with Gasteiger partial charge < -0.3 is 5.11 Å². The average Bonchev–Trinajstić information content (AvgIpc) is 3.06. The lowest BCUT2D eigenvalue weighted by Crippen LogP contribution is -2.24. The van der Waals surface area contributed by atoms with Crippen molar-refractivity contribution >= 4 is 26.4 Å². The van der Waals surface area contributed by atoms with Gasteiger partial charge in [0.15, 0.2) is 11.5 Å². The maximum atomic E-state index is 12.2. The molecule has 0 unspecified atom stereocenters. The van der Waals surface area contributed by atoms with E-state index in [1.54, 1.807) is 10.6 Å². The van der Waals surface area contributed by atoms with E-state index in [2.05, 4.69) is 20.0 Å². The predicted octanol–water partition coefficient (Wildman–Crippen LogP) is 1.79. The van der Waals surface area contributed by atoms with Crippen LogP contribution in [0, 0.1) is 13.8 Å². The summed E-state index contributed by atoms with van der Waals surface area (Å²) in [4.78, 5) is 0.0337. The zero-order valence-corrected chi connectivity index (χ0v) is 15.5. The number of sulfonamides is 1. The summed E-state index contributed by atoms with van der Waals surface area (Å²) in [7, 11) is -3.81. The maximum absolute atomic E-state index is 12.2. The number of aliphatic hydroxyl groups is 1. The first-order valence-electron chi connectivity index (χ1n) is 8.24. The third-order valence-corrected chi connectivity index (χ3v) is 5.85. The first-order chi connectivity index (χ1) is 12.9. The van der Waals surface area contributed by atoms with Crippen molar-refractivity contribution in [3.63, 3.8) is 0 Å². The molecule has 0 atom stereocenters. The molecule has 2 N–H and O–H groups in total. The molecule has 0 aliphatic rings. The van der Waals surface area contributed by atoms with E-state index in [-0.39, 0.29) is 4.90 Å². The molecule has 9 heteroatoms. The third-order valence-electron chi connectivity index (χ3n) is 4.46. The Kier molecular flexibility index (Phi) is 4.14. The van der Waals surface area contributed by atoms with Crippen LogP contribution in [0.25, 0.3) is 27.8 Å². The van der Waals surface area contributed by atoms with Gasteiger partial charge in [-0.15, -0.1) is 10.2 Å². The summed E-state index contributed by atoms with van der Waals surface area (Å²) in [6.45, 7) is 3.09. The third kappa shape index (κ3) is 2.85. The summed E-state index contributed by atoms with van der Waals surface area (Å²) in [5, 5.41) is 24.0. The number of fused-ring (bicyclic) bond motifs is 3. The Balaban J connectivity index is 1.98. The number of aliphatic hydroxyl groups excluding tert-OH is 1. The molecule has 4 aromatic rings. The van der Waals surface area contributed by atoms with E-state index in [9.17, 15) is 8.42 Å². The number of aryl methyl sites for hydroxylation is 2. The lowest BCUT2D eigenvalue weighted by molar-refractivity contribution is 0.288. The number of hydrogen-bond donors (Lipinski definition) is 2. The Morgan fingerprint density at radius 2 is 1.81 bits per heavy atom. The molecule has 0 aliphatic carbocycles. The summed E-state index contributed by atoms with van der Waals surface area (Å²) in [6.07, 6.45) is 0. The minimum Gasteiger partial charge on any atom is -0.380 e. The first kappa shape index (κ1) is 17.5. The molecule has 0 bridgehead atoms. The molecule has 2 aromatic heterocycles. The van der Waals surface area contributed by atoms with Crippen LogP contribution in [-0.4, -0.2) is 40.1 Å². The topological polar surface area (TPSA) is 109 Å². The number of hydrogen-bond acceptors (Lipinski definition) is 6. The second kappa shape index (κ2) is 6.38. The number of aromatic nitrogens is 4. The van der Waals surface area contributed by atoms with Crippen LogP contribution in [-0.2, 0) is 10.0 Å². The molecule has 0 spiro atoms. The molecule has 8 nitrogen and oxygen atoms in total. The predicted molar refractivity (Wildman–Crippen MR) is 101 cm³/mol. The molecule has 0 radical (unpaired) electrons. The number of nitrogens with zero attached hydrogens (tertiary/aromatic N) is 4. The van der Waals surface area contributed by atoms with Crippen LogP contribution in [0.15, 0.2) is 47.4 Å². The van der Waals surface area contributed by atoms with Gasteiger partial charge in [-0.1, -0.05) is 30.3 Å². The smallest absolute Gasteiger partial charge is 0.242 e. The molecule has 0 amide bonds. The highest BCUT2D eigenvalue weighted by atomic mass is 32.2. The van der Waals surface area contributed by atoms with Crippen molar-refractivity contribution in [2.75, 3.05) is 6.73 Å². The highest BCUT2D eigenvalue weighted by Gasteiger charge is 2.19. The molecular formula is C18H17N5O3S. The fourth-order valence-electron chi connectivity index (χ4n) is 3.09. The molecule has 27 heavy (non-hydrogen) atoms. The van der Waals surface area contributed by atoms with E-state index in [0.717, 1.165) is 22.0 Å². The highest BCUT2D eigenvalue weighted by molar-refractivity contribution is 7.89. The van der Waals surface area contributed by atoms with Crippen LogP contribution < -0.4 is 4.72 Å². The van der Waals surface area contributed by atoms with E-state index < -0.39 is 16.8 Å². The monoisotopic (exact) mass is 383 g/mol. The van der Waals surface area contributed by atoms with Gasteiger partial charge in [-0.2, -0.15) is 14.3 Å². The Morgan fingerprint density at radius 3 is 2.56 bits per heavy atom. The van der Waals surface area contributed by atoms with Gasteiger partial charge in [0, 0.05) is 16.3 Å². The number of rotatable bonds is 4. The fraction of sp³-hybridized carbons (Fsp3) is 0.167. The van der Waals surface area contributed by atoms with Crippen LogP contribution in [0.3, 0.4) is 0 Å². The van der Waals surface area contributed by atoms with E-state index in [4.69, 9.17) is 5.11 Å². The standard InChI is InChI=1S/C18H17N5O3S/c1-11-7-8-13(27(25,26)19-10-24)9-16(11)18-21-20-17-15-6-4-3-5-14(15)12(2)22-23(17)18/h3-9,19,24H,10H2,1-2H3. The summed E-state index contributed by atoms with van der Waals surface area (Å²) < 4.78 is 28.2. The molecule has 2 aromatic carbocycles. The van der Waals surface area contributed by atoms with Crippen LogP contribution in [0.5, 0.6) is 0 Å². The second-order valence-corrected chi connectivity index (χ2v) is 7.94. The minimum absolute atomic E-state index is 0.0337. The van der Waals surface area contributed by atoms with Crippen LogP contribution in [0.2, 0.25) is 0 Å². The number of nitrogens with one attached hydrogen (secondary N) is 1. The van der Waals surface area contributed by atoms with Gasteiger partial charge in [-0.05, 0) is 31.5 Å². The van der Waals surface area contributed by atoms with E-state index in [1.807, 2.05) is 38.1 Å². The van der Waals surface area contributed by atoms with E-state index in [1.165, 1.54) is 12.1 Å². The molecule has 4 rings (SSSR count). The zero-order chi connectivity index (χ0) is 19.2. The number of benzene rings is 2. The summed E-state index contributed by atoms with van der Waals surface area (Å²) in [5.41, 5.74) is 2.86. The molecule has 0 fully saturated rings. The van der Waals surface area contributed by atoms with Gasteiger partial charge >= 0.3 is 0 Å². The van der Waals surface area contributed by atoms with Crippen molar-refractivity contribution < 1.29 is 13.5 Å². The van der Waals surface area contributed by atoms with Gasteiger partial charge in [0.05, 0.1) is 10.6 Å². The minimum atomic E-state index is -3.81. The van der Waals surface area contributed by atoms with Crippen LogP contribution >= 0.6 is 0 Å². The van der Waals surface area contributed by atoms with Crippen molar-refractivity contribution in [3.05, 3.63) is 53.7 Å². The zero-order valence-electron chi connectivity index (χ0n) is 14.7. The highest BCUT2D eigenvalue weighted by Crippen LogP contribution is 2.28. The Morgan fingerprint density at radius 1 is 1.07 bits per heavy atom. The van der Waals surface area contributed by atoms with Crippen molar-refractivity contribution in [2.45, 2.75) is 18.7 Å². The Bertz CT molecular complexity index is 1280. The van der Waals surface area contributed by atoms with Crippen molar-refractivity contribution in [1.29, 1.82) is 0 Å².